The Labute approximate surface area is 160 Å². The Hall–Kier alpha value is -2.25. The molecule has 5 nitrogen and oxygen atoms in total. The zero-order valence-corrected chi connectivity index (χ0v) is 15.4. The summed E-state index contributed by atoms with van der Waals surface area (Å²) in [6.07, 6.45) is -2.68. The summed E-state index contributed by atoms with van der Waals surface area (Å²) in [4.78, 5) is 26.0. The fourth-order valence-corrected chi connectivity index (χ4v) is 5.50. The van der Waals surface area contributed by atoms with Gasteiger partial charge in [0.25, 0.3) is 0 Å². The van der Waals surface area contributed by atoms with E-state index in [9.17, 15) is 22.8 Å². The number of aryl methyl sites for hydroxylation is 1. The Morgan fingerprint density at radius 1 is 1.29 bits per heavy atom. The number of alkyl carbamates (subject to hydrolysis) is 1. The third kappa shape index (κ3) is 2.53. The average molecular weight is 394 g/mol. The molecule has 2 aliphatic carbocycles. The second-order valence-electron chi connectivity index (χ2n) is 8.89. The maximum absolute atomic E-state index is 12.9. The second kappa shape index (κ2) is 5.42. The number of hydrogen-bond donors (Lipinski definition) is 1. The van der Waals surface area contributed by atoms with E-state index < -0.39 is 17.8 Å². The Kier molecular flexibility index (Phi) is 3.45. The highest BCUT2D eigenvalue weighted by Crippen LogP contribution is 2.60. The van der Waals surface area contributed by atoms with Gasteiger partial charge in [0.15, 0.2) is 0 Å². The summed E-state index contributed by atoms with van der Waals surface area (Å²) in [5.41, 5.74) is 0.355. The molecule has 1 spiro atoms. The average Bonchev–Trinajstić information content (AvgIpc) is 2.95. The number of halogens is 3. The van der Waals surface area contributed by atoms with E-state index >= 15 is 0 Å². The van der Waals surface area contributed by atoms with Crippen LogP contribution in [0.5, 0.6) is 0 Å². The first kappa shape index (κ1) is 17.8. The summed E-state index contributed by atoms with van der Waals surface area (Å²) in [6, 6.07) is 3.95. The van der Waals surface area contributed by atoms with Crippen molar-refractivity contribution in [1.82, 2.24) is 10.2 Å². The number of nitrogens with zero attached hydrogens (tertiary/aromatic N) is 1. The van der Waals surface area contributed by atoms with Crippen molar-refractivity contribution in [3.63, 3.8) is 0 Å². The van der Waals surface area contributed by atoms with Gasteiger partial charge < -0.3 is 15.0 Å². The van der Waals surface area contributed by atoms with Gasteiger partial charge in [-0.25, -0.2) is 4.79 Å². The van der Waals surface area contributed by atoms with Gasteiger partial charge in [-0.3, -0.25) is 4.79 Å². The first-order valence-electron chi connectivity index (χ1n) is 9.54. The van der Waals surface area contributed by atoms with Gasteiger partial charge in [-0.05, 0) is 55.4 Å². The molecule has 0 aromatic heterocycles. The van der Waals surface area contributed by atoms with Gasteiger partial charge in [-0.15, -0.1) is 0 Å². The minimum atomic E-state index is -4.35. The van der Waals surface area contributed by atoms with E-state index in [0.29, 0.717) is 44.0 Å². The normalized spacial score (nSPS) is 36.0. The standard InChI is InChI=1S/C20H21F3N2O3/c1-11-4-13(20(21,22)23)2-3-15(11)19-7-14(19)8-25(9-19)16(26)12-5-18(6-12)10-28-17(27)24-18/h2-4,12,14H,5-10H2,1H3,(H,24,27). The number of piperidine rings is 1. The molecule has 5 rings (SSSR count). The molecule has 2 saturated heterocycles. The smallest absolute Gasteiger partial charge is 0.416 e. The number of ether oxygens (including phenoxy) is 1. The molecule has 1 aromatic carbocycles. The van der Waals surface area contributed by atoms with Gasteiger partial charge in [0, 0.05) is 24.4 Å². The molecule has 2 amide bonds. The van der Waals surface area contributed by atoms with Gasteiger partial charge >= 0.3 is 12.3 Å². The van der Waals surface area contributed by atoms with Crippen LogP contribution in [0, 0.1) is 18.8 Å². The maximum Gasteiger partial charge on any atom is 0.416 e. The second-order valence-corrected chi connectivity index (χ2v) is 8.89. The van der Waals surface area contributed by atoms with E-state index in [-0.39, 0.29) is 22.8 Å². The van der Waals surface area contributed by atoms with Crippen molar-refractivity contribution >= 4 is 12.0 Å². The molecule has 1 aromatic rings. The van der Waals surface area contributed by atoms with Crippen molar-refractivity contribution in [3.8, 4) is 0 Å². The molecule has 2 saturated carbocycles. The fourth-order valence-electron chi connectivity index (χ4n) is 5.50. The van der Waals surface area contributed by atoms with Crippen molar-refractivity contribution in [2.45, 2.75) is 43.3 Å². The van der Waals surface area contributed by atoms with Gasteiger partial charge in [-0.1, -0.05) is 6.07 Å². The molecule has 2 atom stereocenters. The van der Waals surface area contributed by atoms with E-state index in [1.54, 1.807) is 13.0 Å². The third-order valence-electron chi connectivity index (χ3n) is 7.02. The highest BCUT2D eigenvalue weighted by molar-refractivity contribution is 5.82. The van der Waals surface area contributed by atoms with Crippen LogP contribution in [-0.4, -0.2) is 42.1 Å². The van der Waals surface area contributed by atoms with E-state index in [2.05, 4.69) is 5.32 Å². The summed E-state index contributed by atoms with van der Waals surface area (Å²) in [6.45, 7) is 3.26. The predicted octanol–water partition coefficient (Wildman–Crippen LogP) is 3.00. The highest BCUT2D eigenvalue weighted by Gasteiger charge is 2.63. The van der Waals surface area contributed by atoms with Crippen LogP contribution in [0.3, 0.4) is 0 Å². The number of carbonyl (C=O) groups is 2. The number of hydrogen-bond acceptors (Lipinski definition) is 3. The number of cyclic esters (lactones) is 1. The van der Waals surface area contributed by atoms with Crippen LogP contribution >= 0.6 is 0 Å². The van der Waals surface area contributed by atoms with Crippen LogP contribution in [0.25, 0.3) is 0 Å². The fraction of sp³-hybridized carbons (Fsp3) is 0.600. The lowest BCUT2D eigenvalue weighted by Crippen LogP contribution is -2.58. The molecule has 2 heterocycles. The predicted molar refractivity (Wildman–Crippen MR) is 92.5 cm³/mol. The molecule has 1 N–H and O–H groups in total. The Bertz CT molecular complexity index is 878. The molecule has 2 unspecified atom stereocenters. The minimum Gasteiger partial charge on any atom is -0.447 e. The van der Waals surface area contributed by atoms with Crippen LogP contribution in [0.1, 0.15) is 36.0 Å². The summed E-state index contributed by atoms with van der Waals surface area (Å²) >= 11 is 0. The highest BCUT2D eigenvalue weighted by atomic mass is 19.4. The van der Waals surface area contributed by atoms with Crippen LogP contribution in [0.15, 0.2) is 18.2 Å². The summed E-state index contributed by atoms with van der Waals surface area (Å²) in [5.74, 6) is 0.281. The quantitative estimate of drug-likeness (QED) is 0.839. The minimum absolute atomic E-state index is 0.0860. The largest absolute Gasteiger partial charge is 0.447 e. The lowest BCUT2D eigenvalue weighted by Gasteiger charge is -2.43. The molecular formula is C20H21F3N2O3. The molecule has 150 valence electrons. The Balaban J connectivity index is 1.28. The van der Waals surface area contributed by atoms with Crippen LogP contribution in [-0.2, 0) is 21.1 Å². The molecular weight excluding hydrogens is 373 g/mol. The van der Waals surface area contributed by atoms with Crippen molar-refractivity contribution in [2.75, 3.05) is 19.7 Å². The molecule has 4 fully saturated rings. The van der Waals surface area contributed by atoms with Gasteiger partial charge in [0.05, 0.1) is 11.1 Å². The molecule has 0 bridgehead atoms. The topological polar surface area (TPSA) is 58.6 Å². The number of carbonyl (C=O) groups excluding carboxylic acids is 2. The van der Waals surface area contributed by atoms with E-state index in [1.165, 1.54) is 6.07 Å². The first-order chi connectivity index (χ1) is 13.1. The molecule has 28 heavy (non-hydrogen) atoms. The number of amides is 2. The van der Waals surface area contributed by atoms with Gasteiger partial charge in [-0.2, -0.15) is 13.2 Å². The number of benzene rings is 1. The lowest BCUT2D eigenvalue weighted by molar-refractivity contribution is -0.140. The SMILES string of the molecule is Cc1cc(C(F)(F)F)ccc1C12CC1CN(C(=O)C1CC3(COC(=O)N3)C1)C2. The third-order valence-corrected chi connectivity index (χ3v) is 7.02. The Morgan fingerprint density at radius 3 is 2.64 bits per heavy atom. The number of likely N-dealkylation sites (tertiary alicyclic amines) is 1. The van der Waals surface area contributed by atoms with Crippen molar-refractivity contribution in [3.05, 3.63) is 34.9 Å². The number of nitrogens with one attached hydrogen (secondary N) is 1. The summed E-state index contributed by atoms with van der Waals surface area (Å²) < 4.78 is 43.8. The summed E-state index contributed by atoms with van der Waals surface area (Å²) in [5, 5.41) is 2.79. The van der Waals surface area contributed by atoms with E-state index in [4.69, 9.17) is 4.74 Å². The van der Waals surface area contributed by atoms with Crippen molar-refractivity contribution in [1.29, 1.82) is 0 Å². The van der Waals surface area contributed by atoms with Gasteiger partial charge in [0.2, 0.25) is 5.91 Å². The first-order valence-corrected chi connectivity index (χ1v) is 9.54. The van der Waals surface area contributed by atoms with Crippen LogP contribution in [0.4, 0.5) is 18.0 Å². The van der Waals surface area contributed by atoms with E-state index in [1.807, 2.05) is 4.90 Å². The zero-order valence-electron chi connectivity index (χ0n) is 15.4. The van der Waals surface area contributed by atoms with Gasteiger partial charge in [0.1, 0.15) is 6.61 Å². The van der Waals surface area contributed by atoms with Crippen LogP contribution in [0.2, 0.25) is 0 Å². The monoisotopic (exact) mass is 394 g/mol. The maximum atomic E-state index is 12.9. The molecule has 8 heteroatoms. The van der Waals surface area contributed by atoms with Crippen molar-refractivity contribution < 1.29 is 27.5 Å². The zero-order chi connectivity index (χ0) is 19.9. The number of rotatable bonds is 2. The number of alkyl halides is 3. The molecule has 0 radical (unpaired) electrons. The number of fused-ring (bicyclic) bond motifs is 1. The van der Waals surface area contributed by atoms with Crippen LogP contribution < -0.4 is 5.32 Å². The molecule has 2 aliphatic heterocycles. The molecule has 4 aliphatic rings. The van der Waals surface area contributed by atoms with E-state index in [0.717, 1.165) is 18.1 Å². The van der Waals surface area contributed by atoms with Crippen molar-refractivity contribution in [2.24, 2.45) is 11.8 Å². The Morgan fingerprint density at radius 2 is 2.04 bits per heavy atom. The summed E-state index contributed by atoms with van der Waals surface area (Å²) in [7, 11) is 0. The lowest BCUT2D eigenvalue weighted by atomic mass is 9.68.